The van der Waals surface area contributed by atoms with E-state index in [0.717, 1.165) is 62.8 Å². The summed E-state index contributed by atoms with van der Waals surface area (Å²) in [5.41, 5.74) is 3.48. The molecule has 1 aliphatic rings. The molecule has 0 unspecified atom stereocenters. The fourth-order valence-electron chi connectivity index (χ4n) is 3.01. The number of hydrogen-bond donors (Lipinski definition) is 1. The Balaban J connectivity index is 1.81. The van der Waals surface area contributed by atoms with E-state index in [-0.39, 0.29) is 0 Å². The van der Waals surface area contributed by atoms with Crippen LogP contribution in [0.15, 0.2) is 18.2 Å². The van der Waals surface area contributed by atoms with Gasteiger partial charge in [-0.3, -0.25) is 0 Å². The van der Waals surface area contributed by atoms with E-state index in [4.69, 9.17) is 9.72 Å². The number of anilines is 1. The van der Waals surface area contributed by atoms with Crippen molar-refractivity contribution in [1.29, 1.82) is 0 Å². The molecule has 22 heavy (non-hydrogen) atoms. The van der Waals surface area contributed by atoms with Crippen LogP contribution in [0.1, 0.15) is 18.9 Å². The molecule has 0 spiro atoms. The fourth-order valence-corrected chi connectivity index (χ4v) is 3.01. The predicted molar refractivity (Wildman–Crippen MR) is 90.6 cm³/mol. The summed E-state index contributed by atoms with van der Waals surface area (Å²) in [6, 6.07) is 6.36. The van der Waals surface area contributed by atoms with E-state index >= 15 is 0 Å². The number of para-hydroxylation sites is 1. The third-order valence-corrected chi connectivity index (χ3v) is 4.32. The van der Waals surface area contributed by atoms with Crippen molar-refractivity contribution in [2.75, 3.05) is 51.3 Å². The number of nitrogens with zero attached hydrogens (tertiary/aromatic N) is 3. The van der Waals surface area contributed by atoms with Crippen molar-refractivity contribution in [3.05, 3.63) is 23.8 Å². The summed E-state index contributed by atoms with van der Waals surface area (Å²) in [6.45, 7) is 7.91. The van der Waals surface area contributed by atoms with Gasteiger partial charge in [0, 0.05) is 26.2 Å². The highest BCUT2D eigenvalue weighted by Crippen LogP contribution is 2.22. The molecule has 0 amide bonds. The summed E-state index contributed by atoms with van der Waals surface area (Å²) in [7, 11) is 2.19. The Morgan fingerprint density at radius 2 is 2.14 bits per heavy atom. The topological polar surface area (TPSA) is 44.4 Å². The number of aromatic nitrogens is 2. The number of ether oxygens (including phenoxy) is 1. The molecule has 0 atom stereocenters. The average Bonchev–Trinajstić information content (AvgIpc) is 2.84. The van der Waals surface area contributed by atoms with E-state index in [1.807, 2.05) is 6.92 Å². The van der Waals surface area contributed by atoms with Gasteiger partial charge in [-0.25, -0.2) is 4.98 Å². The standard InChI is InChI=1S/C17H26N4O/c1-3-22-13-8-14-6-4-7-15-16(14)19-17(18-15)21-10-5-9-20(2)11-12-21/h4,6-7H,3,5,8-13H2,1-2H3,(H,18,19). The smallest absolute Gasteiger partial charge is 0.203 e. The number of aromatic amines is 1. The van der Waals surface area contributed by atoms with Crippen LogP contribution in [0, 0.1) is 0 Å². The molecule has 1 aromatic heterocycles. The molecule has 0 aliphatic carbocycles. The SMILES string of the molecule is CCOCCc1cccc2[nH]c(N3CCCN(C)CC3)nc12. The van der Waals surface area contributed by atoms with Crippen LogP contribution in [-0.4, -0.2) is 61.3 Å². The van der Waals surface area contributed by atoms with Crippen LogP contribution in [0.2, 0.25) is 0 Å². The number of benzene rings is 1. The summed E-state index contributed by atoms with van der Waals surface area (Å²) in [4.78, 5) is 13.1. The van der Waals surface area contributed by atoms with Gasteiger partial charge in [0.1, 0.15) is 0 Å². The minimum atomic E-state index is 0.756. The third-order valence-electron chi connectivity index (χ3n) is 4.32. The van der Waals surface area contributed by atoms with Gasteiger partial charge in [0.05, 0.1) is 17.6 Å². The highest BCUT2D eigenvalue weighted by molar-refractivity contribution is 5.81. The number of hydrogen-bond acceptors (Lipinski definition) is 4. The predicted octanol–water partition coefficient (Wildman–Crippen LogP) is 2.28. The molecule has 1 aliphatic heterocycles. The van der Waals surface area contributed by atoms with Crippen molar-refractivity contribution in [3.8, 4) is 0 Å². The maximum atomic E-state index is 5.48. The maximum Gasteiger partial charge on any atom is 0.203 e. The Labute approximate surface area is 132 Å². The van der Waals surface area contributed by atoms with Gasteiger partial charge < -0.3 is 19.5 Å². The van der Waals surface area contributed by atoms with Crippen LogP contribution < -0.4 is 4.90 Å². The first kappa shape index (κ1) is 15.3. The molecule has 0 saturated carbocycles. The first-order valence-electron chi connectivity index (χ1n) is 8.26. The van der Waals surface area contributed by atoms with E-state index in [2.05, 4.69) is 40.0 Å². The molecule has 0 radical (unpaired) electrons. The summed E-state index contributed by atoms with van der Waals surface area (Å²) >= 11 is 0. The zero-order chi connectivity index (χ0) is 15.4. The Morgan fingerprint density at radius 3 is 3.00 bits per heavy atom. The van der Waals surface area contributed by atoms with E-state index in [1.165, 1.54) is 12.0 Å². The zero-order valence-electron chi connectivity index (χ0n) is 13.6. The minimum absolute atomic E-state index is 0.756. The molecule has 0 bridgehead atoms. The number of likely N-dealkylation sites (N-methyl/N-ethyl adjacent to an activating group) is 1. The van der Waals surface area contributed by atoms with Crippen LogP contribution in [0.4, 0.5) is 5.95 Å². The van der Waals surface area contributed by atoms with Gasteiger partial charge in [0.15, 0.2) is 0 Å². The lowest BCUT2D eigenvalue weighted by Crippen LogP contribution is -2.29. The number of fused-ring (bicyclic) bond motifs is 1. The summed E-state index contributed by atoms with van der Waals surface area (Å²) in [5.74, 6) is 1.01. The van der Waals surface area contributed by atoms with Gasteiger partial charge in [0.25, 0.3) is 0 Å². The number of rotatable bonds is 5. The molecule has 2 heterocycles. The molecule has 3 rings (SSSR count). The van der Waals surface area contributed by atoms with E-state index in [9.17, 15) is 0 Å². The van der Waals surface area contributed by atoms with Gasteiger partial charge in [-0.1, -0.05) is 12.1 Å². The quantitative estimate of drug-likeness (QED) is 0.861. The lowest BCUT2D eigenvalue weighted by molar-refractivity contribution is 0.151. The lowest BCUT2D eigenvalue weighted by atomic mass is 10.1. The summed E-state index contributed by atoms with van der Waals surface area (Å²) in [5, 5.41) is 0. The Kier molecular flexibility index (Phi) is 4.95. The van der Waals surface area contributed by atoms with Gasteiger partial charge in [-0.2, -0.15) is 0 Å². The largest absolute Gasteiger partial charge is 0.381 e. The van der Waals surface area contributed by atoms with Gasteiger partial charge in [-0.05, 0) is 45.0 Å². The third kappa shape index (κ3) is 3.42. The summed E-state index contributed by atoms with van der Waals surface area (Å²) < 4.78 is 5.48. The van der Waals surface area contributed by atoms with E-state index < -0.39 is 0 Å². The fraction of sp³-hybridized carbons (Fsp3) is 0.588. The van der Waals surface area contributed by atoms with Crippen molar-refractivity contribution in [2.24, 2.45) is 0 Å². The van der Waals surface area contributed by atoms with Crippen LogP contribution in [0.5, 0.6) is 0 Å². The number of H-pyrrole nitrogens is 1. The first-order valence-corrected chi connectivity index (χ1v) is 8.26. The molecule has 5 heteroatoms. The highest BCUT2D eigenvalue weighted by Gasteiger charge is 2.16. The molecular weight excluding hydrogens is 276 g/mol. The van der Waals surface area contributed by atoms with E-state index in [0.29, 0.717) is 0 Å². The Hall–Kier alpha value is -1.59. The van der Waals surface area contributed by atoms with Crippen molar-refractivity contribution in [3.63, 3.8) is 0 Å². The lowest BCUT2D eigenvalue weighted by Gasteiger charge is -2.19. The van der Waals surface area contributed by atoms with Crippen LogP contribution in [-0.2, 0) is 11.2 Å². The van der Waals surface area contributed by atoms with Crippen LogP contribution in [0.3, 0.4) is 0 Å². The molecular formula is C17H26N4O. The van der Waals surface area contributed by atoms with Crippen LogP contribution in [0.25, 0.3) is 11.0 Å². The molecule has 1 fully saturated rings. The molecule has 1 N–H and O–H groups in total. The second kappa shape index (κ2) is 7.11. The monoisotopic (exact) mass is 302 g/mol. The normalized spacial score (nSPS) is 17.1. The van der Waals surface area contributed by atoms with E-state index in [1.54, 1.807) is 0 Å². The van der Waals surface area contributed by atoms with Crippen molar-refractivity contribution < 1.29 is 4.74 Å². The van der Waals surface area contributed by atoms with Gasteiger partial charge in [0.2, 0.25) is 5.95 Å². The highest BCUT2D eigenvalue weighted by atomic mass is 16.5. The molecule has 120 valence electrons. The van der Waals surface area contributed by atoms with Crippen molar-refractivity contribution in [1.82, 2.24) is 14.9 Å². The Bertz CT molecular complexity index is 610. The minimum Gasteiger partial charge on any atom is -0.381 e. The molecule has 1 aromatic carbocycles. The van der Waals surface area contributed by atoms with Crippen molar-refractivity contribution >= 4 is 17.0 Å². The maximum absolute atomic E-state index is 5.48. The van der Waals surface area contributed by atoms with Crippen LogP contribution >= 0.6 is 0 Å². The number of nitrogens with one attached hydrogen (secondary N) is 1. The number of imidazole rings is 1. The summed E-state index contributed by atoms with van der Waals surface area (Å²) in [6.07, 6.45) is 2.10. The van der Waals surface area contributed by atoms with Crippen molar-refractivity contribution in [2.45, 2.75) is 19.8 Å². The second-order valence-corrected chi connectivity index (χ2v) is 5.96. The Morgan fingerprint density at radius 1 is 1.23 bits per heavy atom. The molecule has 5 nitrogen and oxygen atoms in total. The average molecular weight is 302 g/mol. The zero-order valence-corrected chi connectivity index (χ0v) is 13.6. The van der Waals surface area contributed by atoms with Gasteiger partial charge >= 0.3 is 0 Å². The second-order valence-electron chi connectivity index (χ2n) is 5.96. The van der Waals surface area contributed by atoms with Gasteiger partial charge in [-0.15, -0.1) is 0 Å². The first-order chi connectivity index (χ1) is 10.8. The molecule has 1 saturated heterocycles. The molecule has 2 aromatic rings.